The first kappa shape index (κ1) is 14.9. The van der Waals surface area contributed by atoms with Gasteiger partial charge in [-0.15, -0.1) is 0 Å². The van der Waals surface area contributed by atoms with Gasteiger partial charge < -0.3 is 9.80 Å². The normalized spacial score (nSPS) is 20.1. The third-order valence-corrected chi connectivity index (χ3v) is 4.11. The van der Waals surface area contributed by atoms with Crippen LogP contribution in [-0.4, -0.2) is 25.5 Å². The van der Waals surface area contributed by atoms with Gasteiger partial charge in [0.05, 0.1) is 17.3 Å². The summed E-state index contributed by atoms with van der Waals surface area (Å²) >= 11 is 0. The minimum Gasteiger partial charge on any atom is -0.372 e. The molecule has 1 atom stereocenters. The van der Waals surface area contributed by atoms with E-state index in [1.54, 1.807) is 0 Å². The smallest absolute Gasteiger partial charge is 0.232 e. The molecule has 0 N–H and O–H groups in total. The van der Waals surface area contributed by atoms with Crippen LogP contribution in [0.15, 0.2) is 24.3 Å². The molecule has 1 aliphatic heterocycles. The molecule has 1 aromatic carbocycles. The lowest BCUT2D eigenvalue weighted by Gasteiger charge is -2.34. The molecule has 0 saturated heterocycles. The summed E-state index contributed by atoms with van der Waals surface area (Å²) in [6, 6.07) is 8.36. The number of carbonyl (C=O) groups is 1. The average molecular weight is 274 g/mol. The molecule has 0 saturated carbocycles. The van der Waals surface area contributed by atoms with Crippen molar-refractivity contribution in [2.45, 2.75) is 40.7 Å². The lowest BCUT2D eigenvalue weighted by molar-refractivity contribution is -0.125. The third kappa shape index (κ3) is 2.54. The zero-order chi connectivity index (χ0) is 15.1. The van der Waals surface area contributed by atoms with Crippen LogP contribution in [0.2, 0.25) is 0 Å². The van der Waals surface area contributed by atoms with Crippen molar-refractivity contribution in [3.63, 3.8) is 0 Å². The standard InChI is InChI=1S/C17H26N2O/c1-12(2)19-15-10-8-7-9-14(15)18(6)11-13(16(19)20)17(3,4)5/h7-10,12-13H,11H2,1-6H3. The molecule has 3 heteroatoms. The highest BCUT2D eigenvalue weighted by atomic mass is 16.2. The molecule has 110 valence electrons. The van der Waals surface area contributed by atoms with E-state index in [9.17, 15) is 4.79 Å². The molecule has 20 heavy (non-hydrogen) atoms. The van der Waals surface area contributed by atoms with Gasteiger partial charge in [-0.3, -0.25) is 4.79 Å². The number of benzene rings is 1. The highest BCUT2D eigenvalue weighted by molar-refractivity contribution is 6.00. The van der Waals surface area contributed by atoms with Crippen LogP contribution in [0, 0.1) is 11.3 Å². The third-order valence-electron chi connectivity index (χ3n) is 4.11. The van der Waals surface area contributed by atoms with Crippen molar-refractivity contribution in [1.82, 2.24) is 0 Å². The van der Waals surface area contributed by atoms with Gasteiger partial charge in [-0.05, 0) is 31.4 Å². The number of amides is 1. The van der Waals surface area contributed by atoms with Gasteiger partial charge in [0.1, 0.15) is 0 Å². The monoisotopic (exact) mass is 274 g/mol. The molecule has 0 spiro atoms. The lowest BCUT2D eigenvalue weighted by Crippen LogP contribution is -2.46. The summed E-state index contributed by atoms with van der Waals surface area (Å²) in [4.78, 5) is 17.2. The predicted molar refractivity (Wildman–Crippen MR) is 85.3 cm³/mol. The second-order valence-electron chi connectivity index (χ2n) is 7.09. The summed E-state index contributed by atoms with van der Waals surface area (Å²) in [6.07, 6.45) is 0. The Morgan fingerprint density at radius 3 is 2.20 bits per heavy atom. The van der Waals surface area contributed by atoms with Crippen LogP contribution in [0.5, 0.6) is 0 Å². The summed E-state index contributed by atoms with van der Waals surface area (Å²) in [7, 11) is 2.08. The van der Waals surface area contributed by atoms with Gasteiger partial charge in [-0.25, -0.2) is 0 Å². The topological polar surface area (TPSA) is 23.6 Å². The van der Waals surface area contributed by atoms with Gasteiger partial charge in [0.25, 0.3) is 0 Å². The number of fused-ring (bicyclic) bond motifs is 1. The van der Waals surface area contributed by atoms with Crippen LogP contribution in [0.1, 0.15) is 34.6 Å². The minimum atomic E-state index is -0.0411. The van der Waals surface area contributed by atoms with Crippen LogP contribution < -0.4 is 9.80 Å². The number of anilines is 2. The van der Waals surface area contributed by atoms with Gasteiger partial charge in [0, 0.05) is 19.6 Å². The average Bonchev–Trinajstić information content (AvgIpc) is 2.44. The first-order valence-corrected chi connectivity index (χ1v) is 7.36. The summed E-state index contributed by atoms with van der Waals surface area (Å²) in [5.41, 5.74) is 2.13. The number of hydrogen-bond donors (Lipinski definition) is 0. The van der Waals surface area contributed by atoms with E-state index in [1.165, 1.54) is 0 Å². The molecule has 1 heterocycles. The molecule has 0 bridgehead atoms. The van der Waals surface area contributed by atoms with E-state index < -0.39 is 0 Å². The molecular weight excluding hydrogens is 248 g/mol. The molecule has 2 rings (SSSR count). The van der Waals surface area contributed by atoms with Gasteiger partial charge in [0.2, 0.25) is 5.91 Å². The number of hydrogen-bond acceptors (Lipinski definition) is 2. The van der Waals surface area contributed by atoms with Crippen molar-refractivity contribution in [2.24, 2.45) is 11.3 Å². The van der Waals surface area contributed by atoms with E-state index in [0.717, 1.165) is 17.9 Å². The number of rotatable bonds is 1. The largest absolute Gasteiger partial charge is 0.372 e. The zero-order valence-electron chi connectivity index (χ0n) is 13.5. The SMILES string of the molecule is CC(C)N1C(=O)C(C(C)(C)C)CN(C)c2ccccc21. The Balaban J connectivity index is 2.57. The second kappa shape index (κ2) is 5.12. The maximum Gasteiger partial charge on any atom is 0.232 e. The van der Waals surface area contributed by atoms with E-state index >= 15 is 0 Å². The van der Waals surface area contributed by atoms with E-state index in [2.05, 4.69) is 58.7 Å². The zero-order valence-corrected chi connectivity index (χ0v) is 13.5. The Kier molecular flexibility index (Phi) is 3.81. The minimum absolute atomic E-state index is 0.00213. The van der Waals surface area contributed by atoms with Crippen molar-refractivity contribution < 1.29 is 4.79 Å². The van der Waals surface area contributed by atoms with Crippen molar-refractivity contribution in [3.05, 3.63) is 24.3 Å². The number of carbonyl (C=O) groups excluding carboxylic acids is 1. The van der Waals surface area contributed by atoms with E-state index in [-0.39, 0.29) is 23.3 Å². The fourth-order valence-electron chi connectivity index (χ4n) is 2.90. The van der Waals surface area contributed by atoms with Crippen LogP contribution in [0.4, 0.5) is 11.4 Å². The van der Waals surface area contributed by atoms with Crippen LogP contribution in [0.25, 0.3) is 0 Å². The van der Waals surface area contributed by atoms with Crippen LogP contribution >= 0.6 is 0 Å². The van der Waals surface area contributed by atoms with E-state index in [0.29, 0.717) is 0 Å². The highest BCUT2D eigenvalue weighted by Crippen LogP contribution is 2.39. The Morgan fingerprint density at radius 1 is 1.15 bits per heavy atom. The molecular formula is C17H26N2O. The predicted octanol–water partition coefficient (Wildman–Crippen LogP) is 3.54. The molecule has 3 nitrogen and oxygen atoms in total. The quantitative estimate of drug-likeness (QED) is 0.782. The fourth-order valence-corrected chi connectivity index (χ4v) is 2.90. The van der Waals surface area contributed by atoms with Crippen molar-refractivity contribution in [1.29, 1.82) is 0 Å². The molecule has 0 radical (unpaired) electrons. The fraction of sp³-hybridized carbons (Fsp3) is 0.588. The Morgan fingerprint density at radius 2 is 1.70 bits per heavy atom. The Bertz CT molecular complexity index is 502. The van der Waals surface area contributed by atoms with Gasteiger partial charge in [-0.1, -0.05) is 32.9 Å². The van der Waals surface area contributed by atoms with Gasteiger partial charge in [0.15, 0.2) is 0 Å². The molecule has 1 unspecified atom stereocenters. The maximum atomic E-state index is 13.0. The molecule has 0 fully saturated rings. The summed E-state index contributed by atoms with van der Waals surface area (Å²) < 4.78 is 0. The summed E-state index contributed by atoms with van der Waals surface area (Å²) in [5, 5.41) is 0. The second-order valence-corrected chi connectivity index (χ2v) is 7.09. The number of para-hydroxylation sites is 2. The molecule has 1 aliphatic rings. The van der Waals surface area contributed by atoms with Crippen molar-refractivity contribution in [2.75, 3.05) is 23.4 Å². The molecule has 1 aromatic rings. The first-order chi connectivity index (χ1) is 9.23. The van der Waals surface area contributed by atoms with E-state index in [4.69, 9.17) is 0 Å². The highest BCUT2D eigenvalue weighted by Gasteiger charge is 2.39. The summed E-state index contributed by atoms with van der Waals surface area (Å²) in [6.45, 7) is 11.4. The van der Waals surface area contributed by atoms with Gasteiger partial charge >= 0.3 is 0 Å². The van der Waals surface area contributed by atoms with Crippen LogP contribution in [0.3, 0.4) is 0 Å². The van der Waals surface area contributed by atoms with Gasteiger partial charge in [-0.2, -0.15) is 0 Å². The molecule has 1 amide bonds. The first-order valence-electron chi connectivity index (χ1n) is 7.36. The Labute approximate surface area is 122 Å². The lowest BCUT2D eigenvalue weighted by atomic mass is 9.79. The van der Waals surface area contributed by atoms with Crippen molar-refractivity contribution in [3.8, 4) is 0 Å². The van der Waals surface area contributed by atoms with Crippen LogP contribution in [-0.2, 0) is 4.79 Å². The Hall–Kier alpha value is -1.51. The molecule has 0 aliphatic carbocycles. The summed E-state index contributed by atoms with van der Waals surface area (Å²) in [5.74, 6) is 0.242. The van der Waals surface area contributed by atoms with Crippen molar-refractivity contribution >= 4 is 17.3 Å². The molecule has 0 aromatic heterocycles. The number of nitrogens with zero attached hydrogens (tertiary/aromatic N) is 2. The van der Waals surface area contributed by atoms with E-state index in [1.807, 2.05) is 17.0 Å². The maximum absolute atomic E-state index is 13.0.